The first kappa shape index (κ1) is 10.0. The van der Waals surface area contributed by atoms with Crippen LogP contribution < -0.4 is 11.1 Å². The number of nitrogens with one attached hydrogen (secondary N) is 1. The number of halogens is 1. The molecule has 0 aromatic heterocycles. The van der Waals surface area contributed by atoms with Crippen molar-refractivity contribution in [2.75, 3.05) is 11.9 Å². The number of carbonyl (C=O) groups is 1. The highest BCUT2D eigenvalue weighted by Crippen LogP contribution is 2.30. The highest BCUT2D eigenvalue weighted by atomic mass is 35.5. The molecule has 1 unspecified atom stereocenters. The van der Waals surface area contributed by atoms with Crippen LogP contribution in [0.4, 0.5) is 5.69 Å². The molecule has 2 rings (SSSR count). The Morgan fingerprint density at radius 3 is 2.77 bits per heavy atom. The van der Waals surface area contributed by atoms with Crippen molar-refractivity contribution < 1.29 is 4.79 Å². The van der Waals surface area contributed by atoms with Crippen molar-refractivity contribution in [2.24, 2.45) is 5.73 Å². The largest absolute Gasteiger partial charge is 0.329 e. The average Bonchev–Trinajstić information content (AvgIpc) is 2.40. The van der Waals surface area contributed by atoms with Crippen molar-refractivity contribution in [1.29, 1.82) is 0 Å². The lowest BCUT2D eigenvalue weighted by Crippen LogP contribution is -2.20. The molecule has 70 valence electrons. The maximum absolute atomic E-state index is 11.3. The molecule has 0 saturated carbocycles. The first-order chi connectivity index (χ1) is 5.83. The zero-order valence-corrected chi connectivity index (χ0v) is 7.80. The highest BCUT2D eigenvalue weighted by Gasteiger charge is 2.28. The molecule has 0 bridgehead atoms. The van der Waals surface area contributed by atoms with E-state index in [1.807, 2.05) is 24.3 Å². The molecule has 1 amide bonds. The van der Waals surface area contributed by atoms with Gasteiger partial charge in [-0.15, -0.1) is 12.4 Å². The van der Waals surface area contributed by atoms with Crippen molar-refractivity contribution in [2.45, 2.75) is 5.92 Å². The van der Waals surface area contributed by atoms with Crippen LogP contribution in [-0.4, -0.2) is 12.5 Å². The number of anilines is 1. The van der Waals surface area contributed by atoms with Gasteiger partial charge < -0.3 is 11.1 Å². The molecule has 1 aliphatic rings. The summed E-state index contributed by atoms with van der Waals surface area (Å²) in [6.45, 7) is 0.378. The molecule has 1 heterocycles. The third-order valence-electron chi connectivity index (χ3n) is 2.15. The van der Waals surface area contributed by atoms with E-state index in [-0.39, 0.29) is 24.2 Å². The molecule has 3 N–H and O–H groups in total. The van der Waals surface area contributed by atoms with Gasteiger partial charge in [0.1, 0.15) is 0 Å². The van der Waals surface area contributed by atoms with Crippen LogP contribution in [0.25, 0.3) is 0 Å². The van der Waals surface area contributed by atoms with Gasteiger partial charge >= 0.3 is 0 Å². The van der Waals surface area contributed by atoms with E-state index in [9.17, 15) is 4.79 Å². The third kappa shape index (κ3) is 1.53. The van der Waals surface area contributed by atoms with E-state index in [0.29, 0.717) is 6.54 Å². The second-order valence-electron chi connectivity index (χ2n) is 2.86. The molecule has 1 aromatic rings. The average molecular weight is 199 g/mol. The first-order valence-corrected chi connectivity index (χ1v) is 3.93. The van der Waals surface area contributed by atoms with Crippen LogP contribution in [0.3, 0.4) is 0 Å². The summed E-state index contributed by atoms with van der Waals surface area (Å²) in [7, 11) is 0. The lowest BCUT2D eigenvalue weighted by molar-refractivity contribution is -0.116. The van der Waals surface area contributed by atoms with Crippen molar-refractivity contribution in [3.8, 4) is 0 Å². The number of rotatable bonds is 1. The molecule has 0 saturated heterocycles. The molecule has 0 spiro atoms. The monoisotopic (exact) mass is 198 g/mol. The molecule has 0 radical (unpaired) electrons. The van der Waals surface area contributed by atoms with Crippen molar-refractivity contribution in [3.05, 3.63) is 29.8 Å². The minimum absolute atomic E-state index is 0. The van der Waals surface area contributed by atoms with E-state index in [2.05, 4.69) is 5.32 Å². The van der Waals surface area contributed by atoms with Gasteiger partial charge in [0.05, 0.1) is 5.92 Å². The summed E-state index contributed by atoms with van der Waals surface area (Å²) in [6, 6.07) is 7.65. The number of para-hydroxylation sites is 1. The summed E-state index contributed by atoms with van der Waals surface area (Å²) in [4.78, 5) is 11.3. The normalized spacial score (nSPS) is 18.8. The summed E-state index contributed by atoms with van der Waals surface area (Å²) in [6.07, 6.45) is 0. The Morgan fingerprint density at radius 1 is 1.38 bits per heavy atom. The Kier molecular flexibility index (Phi) is 2.90. The fourth-order valence-electron chi connectivity index (χ4n) is 1.51. The second kappa shape index (κ2) is 3.77. The Balaban J connectivity index is 0.000000845. The minimum atomic E-state index is -0.152. The van der Waals surface area contributed by atoms with Gasteiger partial charge in [-0.2, -0.15) is 0 Å². The Morgan fingerprint density at radius 2 is 2.08 bits per heavy atom. The molecule has 1 aromatic carbocycles. The molecule has 1 aliphatic heterocycles. The van der Waals surface area contributed by atoms with Gasteiger partial charge in [-0.1, -0.05) is 18.2 Å². The summed E-state index contributed by atoms with van der Waals surface area (Å²) >= 11 is 0. The summed E-state index contributed by atoms with van der Waals surface area (Å²) in [5.74, 6) is -0.139. The van der Waals surface area contributed by atoms with Gasteiger partial charge in [0.2, 0.25) is 5.91 Å². The van der Waals surface area contributed by atoms with E-state index in [1.165, 1.54) is 0 Å². The SMILES string of the molecule is Cl.NCC1C(=O)Nc2ccccc21. The Hall–Kier alpha value is -1.06. The Labute approximate surface area is 82.7 Å². The quantitative estimate of drug-likeness (QED) is 0.710. The standard InChI is InChI=1S/C9H10N2O.ClH/c10-5-7-6-3-1-2-4-8(6)11-9(7)12;/h1-4,7H,5,10H2,(H,11,12);1H. The molecule has 4 heteroatoms. The Bertz CT molecular complexity index is 327. The molecule has 13 heavy (non-hydrogen) atoms. The smallest absolute Gasteiger partial charge is 0.233 e. The molecule has 1 atom stereocenters. The predicted molar refractivity (Wildman–Crippen MR) is 54.1 cm³/mol. The van der Waals surface area contributed by atoms with Crippen LogP contribution in [0.15, 0.2) is 24.3 Å². The number of hydrogen-bond donors (Lipinski definition) is 2. The highest BCUT2D eigenvalue weighted by molar-refractivity contribution is 6.02. The maximum atomic E-state index is 11.3. The van der Waals surface area contributed by atoms with Gasteiger partial charge in [-0.25, -0.2) is 0 Å². The topological polar surface area (TPSA) is 55.1 Å². The van der Waals surface area contributed by atoms with Crippen LogP contribution in [0.2, 0.25) is 0 Å². The molecule has 3 nitrogen and oxygen atoms in total. The van der Waals surface area contributed by atoms with E-state index >= 15 is 0 Å². The van der Waals surface area contributed by atoms with Crippen molar-refractivity contribution in [1.82, 2.24) is 0 Å². The third-order valence-corrected chi connectivity index (χ3v) is 2.15. The number of benzene rings is 1. The van der Waals surface area contributed by atoms with Gasteiger partial charge in [0, 0.05) is 12.2 Å². The fraction of sp³-hybridized carbons (Fsp3) is 0.222. The van der Waals surface area contributed by atoms with Gasteiger partial charge in [-0.05, 0) is 11.6 Å². The summed E-state index contributed by atoms with van der Waals surface area (Å²) in [5, 5.41) is 2.78. The van der Waals surface area contributed by atoms with Crippen LogP contribution in [0, 0.1) is 0 Å². The second-order valence-corrected chi connectivity index (χ2v) is 2.86. The van der Waals surface area contributed by atoms with E-state index in [1.54, 1.807) is 0 Å². The summed E-state index contributed by atoms with van der Waals surface area (Å²) in [5.41, 5.74) is 7.40. The van der Waals surface area contributed by atoms with Gasteiger partial charge in [0.15, 0.2) is 0 Å². The number of hydrogen-bond acceptors (Lipinski definition) is 2. The fourth-order valence-corrected chi connectivity index (χ4v) is 1.51. The van der Waals surface area contributed by atoms with E-state index < -0.39 is 0 Å². The molecular weight excluding hydrogens is 188 g/mol. The number of carbonyl (C=O) groups excluding carboxylic acids is 1. The first-order valence-electron chi connectivity index (χ1n) is 3.93. The zero-order chi connectivity index (χ0) is 8.55. The van der Waals surface area contributed by atoms with Gasteiger partial charge in [0.25, 0.3) is 0 Å². The van der Waals surface area contributed by atoms with E-state index in [0.717, 1.165) is 11.3 Å². The lowest BCUT2D eigenvalue weighted by Gasteiger charge is -2.02. The van der Waals surface area contributed by atoms with E-state index in [4.69, 9.17) is 5.73 Å². The van der Waals surface area contributed by atoms with Crippen LogP contribution in [0.5, 0.6) is 0 Å². The molecular formula is C9H11ClN2O. The van der Waals surface area contributed by atoms with Crippen LogP contribution in [-0.2, 0) is 4.79 Å². The number of nitrogens with two attached hydrogens (primary N) is 1. The van der Waals surface area contributed by atoms with Crippen LogP contribution >= 0.6 is 12.4 Å². The number of fused-ring (bicyclic) bond motifs is 1. The lowest BCUT2D eigenvalue weighted by atomic mass is 10.0. The summed E-state index contributed by atoms with van der Waals surface area (Å²) < 4.78 is 0. The minimum Gasteiger partial charge on any atom is -0.329 e. The molecule has 0 aliphatic carbocycles. The van der Waals surface area contributed by atoms with Crippen LogP contribution in [0.1, 0.15) is 11.5 Å². The van der Waals surface area contributed by atoms with Crippen molar-refractivity contribution in [3.63, 3.8) is 0 Å². The predicted octanol–water partition coefficient (Wildman–Crippen LogP) is 1.10. The van der Waals surface area contributed by atoms with Crippen molar-refractivity contribution >= 4 is 24.0 Å². The molecule has 0 fully saturated rings. The number of amides is 1. The zero-order valence-electron chi connectivity index (χ0n) is 6.99. The van der Waals surface area contributed by atoms with Gasteiger partial charge in [-0.3, -0.25) is 4.79 Å². The maximum Gasteiger partial charge on any atom is 0.233 e.